The van der Waals surface area contributed by atoms with Crippen molar-refractivity contribution in [2.75, 3.05) is 0 Å². The van der Waals surface area contributed by atoms with Crippen LogP contribution in [0, 0.1) is 0 Å². The Balaban J connectivity index is 1.70. The summed E-state index contributed by atoms with van der Waals surface area (Å²) in [6, 6.07) is 21.4. The Kier molecular flexibility index (Phi) is 5.12. The third kappa shape index (κ3) is 3.71. The first-order valence-corrected chi connectivity index (χ1v) is 11.2. The van der Waals surface area contributed by atoms with Crippen molar-refractivity contribution in [2.45, 2.75) is 22.6 Å². The lowest BCUT2D eigenvalue weighted by atomic mass is 9.88. The molecule has 4 rings (SSSR count). The molecule has 0 radical (unpaired) electrons. The van der Waals surface area contributed by atoms with Gasteiger partial charge in [-0.1, -0.05) is 60.7 Å². The van der Waals surface area contributed by atoms with Crippen molar-refractivity contribution in [3.8, 4) is 11.1 Å². The number of nitrogens with zero attached hydrogens (tertiary/aromatic N) is 1. The smallest absolute Gasteiger partial charge is 0.238 e. The molecular weight excluding hydrogens is 412 g/mol. The summed E-state index contributed by atoms with van der Waals surface area (Å²) in [7, 11) is -3.87. The summed E-state index contributed by atoms with van der Waals surface area (Å²) in [5, 5.41) is 8.90. The zero-order chi connectivity index (χ0) is 22.2. The van der Waals surface area contributed by atoms with Gasteiger partial charge in [-0.05, 0) is 40.8 Å². The number of carbonyl (C=O) groups is 1. The zero-order valence-corrected chi connectivity index (χ0v) is 17.4. The Morgan fingerprint density at radius 3 is 2.39 bits per heavy atom. The number of nitrogens with two attached hydrogens (primary N) is 3. The maximum atomic E-state index is 12.5. The second kappa shape index (κ2) is 7.64. The summed E-state index contributed by atoms with van der Waals surface area (Å²) >= 11 is 0. The lowest BCUT2D eigenvalue weighted by Crippen LogP contribution is -2.30. The number of hydrazone groups is 1. The fourth-order valence-electron chi connectivity index (χ4n) is 4.24. The third-order valence-electron chi connectivity index (χ3n) is 5.84. The molecule has 31 heavy (non-hydrogen) atoms. The Labute approximate surface area is 180 Å². The van der Waals surface area contributed by atoms with Crippen LogP contribution in [0.3, 0.4) is 0 Å². The van der Waals surface area contributed by atoms with E-state index in [0.717, 1.165) is 16.7 Å². The van der Waals surface area contributed by atoms with Gasteiger partial charge in [0.2, 0.25) is 15.9 Å². The summed E-state index contributed by atoms with van der Waals surface area (Å²) in [6.07, 6.45) is 2.15. The second-order valence-corrected chi connectivity index (χ2v) is 9.19. The average molecular weight is 435 g/mol. The predicted octanol–water partition coefficient (Wildman–Crippen LogP) is 2.20. The van der Waals surface area contributed by atoms with Crippen molar-refractivity contribution in [2.24, 2.45) is 21.8 Å². The quantitative estimate of drug-likeness (QED) is 0.310. The standard InChI is InChI=1S/C23H22N4O3S/c24-22(28)23(13-20(23)17-5-3-4-15(12-17)14-27-25)18-10-8-16(9-11-18)19-6-1-2-7-21(19)31(26,29)30/h1-12,14,20H,13,25H2,(H2,24,28)(H2,26,29,30). The average Bonchev–Trinajstić information content (AvgIpc) is 3.51. The molecule has 1 fully saturated rings. The lowest BCUT2D eigenvalue weighted by Gasteiger charge is -2.16. The van der Waals surface area contributed by atoms with Crippen LogP contribution in [-0.4, -0.2) is 20.5 Å². The fourth-order valence-corrected chi connectivity index (χ4v) is 5.00. The van der Waals surface area contributed by atoms with Crippen LogP contribution in [0.4, 0.5) is 0 Å². The first-order valence-electron chi connectivity index (χ1n) is 9.63. The van der Waals surface area contributed by atoms with Crippen LogP contribution in [0.5, 0.6) is 0 Å². The van der Waals surface area contributed by atoms with Gasteiger partial charge in [0.1, 0.15) is 0 Å². The van der Waals surface area contributed by atoms with Crippen LogP contribution < -0.4 is 16.7 Å². The molecule has 1 saturated carbocycles. The molecule has 0 heterocycles. The Morgan fingerprint density at radius 2 is 1.74 bits per heavy atom. The van der Waals surface area contributed by atoms with Crippen LogP contribution in [0.1, 0.15) is 29.0 Å². The molecule has 158 valence electrons. The normalized spacial score (nSPS) is 20.6. The van der Waals surface area contributed by atoms with Gasteiger partial charge in [-0.15, -0.1) is 0 Å². The molecule has 0 spiro atoms. The number of sulfonamides is 1. The highest BCUT2D eigenvalue weighted by Gasteiger charge is 2.60. The molecule has 0 saturated heterocycles. The highest BCUT2D eigenvalue weighted by molar-refractivity contribution is 7.89. The molecule has 3 aromatic rings. The van der Waals surface area contributed by atoms with Gasteiger partial charge in [0, 0.05) is 11.5 Å². The maximum Gasteiger partial charge on any atom is 0.238 e. The topological polar surface area (TPSA) is 142 Å². The summed E-state index contributed by atoms with van der Waals surface area (Å²) in [5.74, 6) is 4.79. The minimum absolute atomic E-state index is 0.0510. The number of amides is 1. The van der Waals surface area contributed by atoms with E-state index < -0.39 is 21.3 Å². The van der Waals surface area contributed by atoms with Crippen molar-refractivity contribution in [1.29, 1.82) is 0 Å². The van der Waals surface area contributed by atoms with Gasteiger partial charge in [-0.2, -0.15) is 5.10 Å². The predicted molar refractivity (Wildman–Crippen MR) is 120 cm³/mol. The Bertz CT molecular complexity index is 1290. The third-order valence-corrected chi connectivity index (χ3v) is 6.81. The van der Waals surface area contributed by atoms with E-state index in [9.17, 15) is 13.2 Å². The van der Waals surface area contributed by atoms with Gasteiger partial charge in [0.25, 0.3) is 0 Å². The summed E-state index contributed by atoms with van der Waals surface area (Å²) < 4.78 is 23.9. The minimum atomic E-state index is -3.87. The molecule has 0 aromatic heterocycles. The van der Waals surface area contributed by atoms with Crippen LogP contribution in [0.25, 0.3) is 11.1 Å². The van der Waals surface area contributed by atoms with Crippen molar-refractivity contribution in [3.63, 3.8) is 0 Å². The van der Waals surface area contributed by atoms with E-state index in [0.29, 0.717) is 17.5 Å². The molecule has 7 nitrogen and oxygen atoms in total. The number of primary sulfonamides is 1. The highest BCUT2D eigenvalue weighted by atomic mass is 32.2. The molecule has 1 amide bonds. The molecule has 2 unspecified atom stereocenters. The highest BCUT2D eigenvalue weighted by Crippen LogP contribution is 2.60. The summed E-state index contributed by atoms with van der Waals surface area (Å²) in [6.45, 7) is 0. The fraction of sp³-hybridized carbons (Fsp3) is 0.130. The Morgan fingerprint density at radius 1 is 1.03 bits per heavy atom. The van der Waals surface area contributed by atoms with E-state index in [-0.39, 0.29) is 10.8 Å². The van der Waals surface area contributed by atoms with Crippen molar-refractivity contribution in [3.05, 3.63) is 89.5 Å². The molecular formula is C23H22N4O3S. The Hall–Kier alpha value is -3.49. The van der Waals surface area contributed by atoms with Crippen LogP contribution in [-0.2, 0) is 20.2 Å². The monoisotopic (exact) mass is 434 g/mol. The van der Waals surface area contributed by atoms with Crippen LogP contribution in [0.2, 0.25) is 0 Å². The van der Waals surface area contributed by atoms with E-state index in [4.69, 9.17) is 16.7 Å². The number of hydrogen-bond acceptors (Lipinski definition) is 5. The van der Waals surface area contributed by atoms with E-state index in [2.05, 4.69) is 5.10 Å². The minimum Gasteiger partial charge on any atom is -0.369 e. The molecule has 6 N–H and O–H groups in total. The van der Waals surface area contributed by atoms with E-state index in [1.807, 2.05) is 36.4 Å². The molecule has 0 aliphatic heterocycles. The van der Waals surface area contributed by atoms with Crippen LogP contribution >= 0.6 is 0 Å². The molecule has 3 aromatic carbocycles. The van der Waals surface area contributed by atoms with E-state index >= 15 is 0 Å². The molecule has 0 bridgehead atoms. The number of carbonyl (C=O) groups excluding carboxylic acids is 1. The van der Waals surface area contributed by atoms with E-state index in [1.165, 1.54) is 6.07 Å². The number of primary amides is 1. The van der Waals surface area contributed by atoms with Crippen LogP contribution in [0.15, 0.2) is 82.8 Å². The lowest BCUT2D eigenvalue weighted by molar-refractivity contribution is -0.120. The van der Waals surface area contributed by atoms with Gasteiger partial charge in [0.15, 0.2) is 0 Å². The number of rotatable bonds is 6. The van der Waals surface area contributed by atoms with Gasteiger partial charge in [0.05, 0.1) is 16.5 Å². The van der Waals surface area contributed by atoms with Gasteiger partial charge in [-0.25, -0.2) is 13.6 Å². The van der Waals surface area contributed by atoms with Crippen molar-refractivity contribution >= 4 is 22.1 Å². The summed E-state index contributed by atoms with van der Waals surface area (Å²) in [5.41, 5.74) is 8.85. The van der Waals surface area contributed by atoms with E-state index in [1.54, 1.807) is 36.5 Å². The molecule has 1 aliphatic rings. The largest absolute Gasteiger partial charge is 0.369 e. The second-order valence-electron chi connectivity index (χ2n) is 7.66. The van der Waals surface area contributed by atoms with Crippen molar-refractivity contribution in [1.82, 2.24) is 0 Å². The molecule has 8 heteroatoms. The van der Waals surface area contributed by atoms with Gasteiger partial charge in [-0.3, -0.25) is 4.79 Å². The maximum absolute atomic E-state index is 12.5. The van der Waals surface area contributed by atoms with Gasteiger partial charge >= 0.3 is 0 Å². The molecule has 1 aliphatic carbocycles. The van der Waals surface area contributed by atoms with Gasteiger partial charge < -0.3 is 11.6 Å². The number of benzene rings is 3. The molecule has 2 atom stereocenters. The van der Waals surface area contributed by atoms with Crippen molar-refractivity contribution < 1.29 is 13.2 Å². The SMILES string of the molecule is NN=Cc1cccc(C2CC2(C(N)=O)c2ccc(-c3ccccc3S(N)(=O)=O)cc2)c1. The summed E-state index contributed by atoms with van der Waals surface area (Å²) in [4.78, 5) is 12.5. The number of hydrogen-bond donors (Lipinski definition) is 3. The zero-order valence-electron chi connectivity index (χ0n) is 16.6. The first-order chi connectivity index (χ1) is 14.8. The first kappa shape index (κ1) is 20.8.